The number of aliphatic hydroxyl groups excluding tert-OH is 1. The van der Waals surface area contributed by atoms with Gasteiger partial charge in [-0.1, -0.05) is 29.5 Å². The van der Waals surface area contributed by atoms with Gasteiger partial charge in [-0.2, -0.15) is 5.26 Å². The number of nitrogens with one attached hydrogen (secondary N) is 1. The van der Waals surface area contributed by atoms with Crippen LogP contribution in [-0.2, 0) is 26.3 Å². The number of amides is 1. The van der Waals surface area contributed by atoms with E-state index >= 15 is 0 Å². The standard InChI is InChI=1S/C33H38N6O4/c1-19-13-21(3)23(14-20(19)2)27-17-39(37-36-27)12-11-33(25-7-5-6-8-26(25)35-32(33)42)29-15-24-22(16-38(29)18-34)9-10-28(40)30(24)31(41)43-4/h5-8,13-14,17,22,24,28-30,40H,9-12,15-16H2,1-4H3,(H,35,42)/t22-,24-,28-,29-,30+,33-/m0/s1. The molecule has 0 radical (unpaired) electrons. The summed E-state index contributed by atoms with van der Waals surface area (Å²) in [4.78, 5) is 28.8. The van der Waals surface area contributed by atoms with Crippen LogP contribution < -0.4 is 5.32 Å². The number of carbonyl (C=O) groups is 2. The molecule has 1 saturated carbocycles. The minimum absolute atomic E-state index is 0.0410. The van der Waals surface area contributed by atoms with Crippen LogP contribution in [0, 0.1) is 50.0 Å². The van der Waals surface area contributed by atoms with Crippen molar-refractivity contribution in [3.05, 3.63) is 64.8 Å². The minimum atomic E-state index is -1.08. The first-order chi connectivity index (χ1) is 20.7. The Labute approximate surface area is 251 Å². The highest BCUT2D eigenvalue weighted by molar-refractivity contribution is 6.07. The van der Waals surface area contributed by atoms with Crippen molar-refractivity contribution in [3.63, 3.8) is 0 Å². The fourth-order valence-corrected chi connectivity index (χ4v) is 7.87. The zero-order chi connectivity index (χ0) is 30.5. The summed E-state index contributed by atoms with van der Waals surface area (Å²) in [7, 11) is 1.34. The number of carbonyl (C=O) groups excluding carboxylic acids is 2. The molecule has 2 aromatic carbocycles. The summed E-state index contributed by atoms with van der Waals surface area (Å²) >= 11 is 0. The monoisotopic (exact) mass is 582 g/mol. The number of aliphatic hydroxyl groups is 1. The summed E-state index contributed by atoms with van der Waals surface area (Å²) in [6, 6.07) is 11.4. The van der Waals surface area contributed by atoms with Crippen molar-refractivity contribution in [3.8, 4) is 17.5 Å². The maximum absolute atomic E-state index is 14.1. The van der Waals surface area contributed by atoms with Crippen LogP contribution in [0.2, 0.25) is 0 Å². The number of aryl methyl sites for hydroxylation is 4. The molecule has 3 aromatic rings. The Bertz CT molecular complexity index is 1610. The van der Waals surface area contributed by atoms with Gasteiger partial charge in [-0.15, -0.1) is 5.10 Å². The quantitative estimate of drug-likeness (QED) is 0.331. The van der Waals surface area contributed by atoms with Crippen molar-refractivity contribution in [2.24, 2.45) is 17.8 Å². The van der Waals surface area contributed by atoms with E-state index in [1.807, 2.05) is 30.5 Å². The summed E-state index contributed by atoms with van der Waals surface area (Å²) in [6.07, 6.45) is 5.45. The van der Waals surface area contributed by atoms with Gasteiger partial charge in [0.05, 0.1) is 36.8 Å². The molecule has 1 aliphatic carbocycles. The first-order valence-corrected chi connectivity index (χ1v) is 15.0. The van der Waals surface area contributed by atoms with Gasteiger partial charge in [-0.25, -0.2) is 0 Å². The molecule has 2 N–H and O–H groups in total. The largest absolute Gasteiger partial charge is 0.469 e. The highest BCUT2D eigenvalue weighted by Crippen LogP contribution is 2.51. The average molecular weight is 583 g/mol. The fourth-order valence-electron chi connectivity index (χ4n) is 7.87. The van der Waals surface area contributed by atoms with Crippen LogP contribution in [0.3, 0.4) is 0 Å². The number of ether oxygens (including phenoxy) is 1. The molecule has 1 aromatic heterocycles. The predicted octanol–water partition coefficient (Wildman–Crippen LogP) is 3.88. The Morgan fingerprint density at radius 3 is 2.72 bits per heavy atom. The minimum Gasteiger partial charge on any atom is -0.469 e. The molecular formula is C33H38N6O4. The van der Waals surface area contributed by atoms with Crippen molar-refractivity contribution in [2.75, 3.05) is 19.0 Å². The van der Waals surface area contributed by atoms with Gasteiger partial charge in [0.2, 0.25) is 5.91 Å². The molecule has 10 nitrogen and oxygen atoms in total. The summed E-state index contributed by atoms with van der Waals surface area (Å²) in [5, 5.41) is 33.2. The predicted molar refractivity (Wildman–Crippen MR) is 159 cm³/mol. The van der Waals surface area contributed by atoms with Crippen LogP contribution in [0.15, 0.2) is 42.6 Å². The fraction of sp³-hybridized carbons (Fsp3) is 0.485. The first kappa shape index (κ1) is 28.9. The SMILES string of the molecule is COC(=O)[C@@H]1[C@H]2C[C@@H]([C@@]3(CCn4cc(-c5cc(C)c(C)cc5C)nn4)C(=O)Nc4ccccc43)N(C#N)C[C@@H]2CC[C@@H]1O. The second kappa shape index (κ2) is 11.1. The third-order valence-electron chi connectivity index (χ3n) is 10.2. The zero-order valence-electron chi connectivity index (χ0n) is 25.1. The summed E-state index contributed by atoms with van der Waals surface area (Å²) in [5.41, 5.74) is 5.78. The van der Waals surface area contributed by atoms with Crippen molar-refractivity contribution in [1.29, 1.82) is 5.26 Å². The molecule has 0 unspecified atom stereocenters. The number of likely N-dealkylation sites (tertiary alicyclic amines) is 1. The Morgan fingerprint density at radius 1 is 1.19 bits per heavy atom. The zero-order valence-corrected chi connectivity index (χ0v) is 25.1. The number of benzene rings is 2. The molecule has 6 rings (SSSR count). The van der Waals surface area contributed by atoms with Crippen molar-refractivity contribution in [2.45, 2.75) is 70.6 Å². The second-order valence-corrected chi connectivity index (χ2v) is 12.5. The first-order valence-electron chi connectivity index (χ1n) is 15.0. The Kier molecular flexibility index (Phi) is 7.46. The highest BCUT2D eigenvalue weighted by Gasteiger charge is 2.58. The smallest absolute Gasteiger partial charge is 0.311 e. The number of esters is 1. The van der Waals surface area contributed by atoms with Gasteiger partial charge in [0, 0.05) is 24.3 Å². The van der Waals surface area contributed by atoms with Gasteiger partial charge in [-0.3, -0.25) is 14.3 Å². The molecule has 224 valence electrons. The topological polar surface area (TPSA) is 133 Å². The number of nitrogens with zero attached hydrogens (tertiary/aromatic N) is 5. The number of para-hydroxylation sites is 1. The number of hydrogen-bond acceptors (Lipinski definition) is 8. The van der Waals surface area contributed by atoms with Crippen molar-refractivity contribution >= 4 is 17.6 Å². The molecule has 0 bridgehead atoms. The van der Waals surface area contributed by atoms with E-state index in [4.69, 9.17) is 4.74 Å². The van der Waals surface area contributed by atoms with Crippen LogP contribution >= 0.6 is 0 Å². The van der Waals surface area contributed by atoms with Crippen LogP contribution in [0.1, 0.15) is 47.9 Å². The third-order valence-corrected chi connectivity index (χ3v) is 10.2. The Hall–Kier alpha value is -4.23. The summed E-state index contributed by atoms with van der Waals surface area (Å²) < 4.78 is 6.88. The van der Waals surface area contributed by atoms with E-state index in [0.29, 0.717) is 38.8 Å². The van der Waals surface area contributed by atoms with Crippen molar-refractivity contribution < 1.29 is 19.4 Å². The summed E-state index contributed by atoms with van der Waals surface area (Å²) in [6.45, 7) is 7.04. The van der Waals surface area contributed by atoms with Gasteiger partial charge in [0.25, 0.3) is 0 Å². The molecule has 43 heavy (non-hydrogen) atoms. The van der Waals surface area contributed by atoms with Crippen LogP contribution in [0.25, 0.3) is 11.3 Å². The molecule has 6 atom stereocenters. The van der Waals surface area contributed by atoms with E-state index in [1.165, 1.54) is 18.2 Å². The van der Waals surface area contributed by atoms with Gasteiger partial charge < -0.3 is 20.1 Å². The molecule has 3 heterocycles. The lowest BCUT2D eigenvalue weighted by Crippen LogP contribution is -2.61. The van der Waals surface area contributed by atoms with E-state index in [2.05, 4.69) is 54.7 Å². The molecule has 1 amide bonds. The normalized spacial score (nSPS) is 28.0. The van der Waals surface area contributed by atoms with Crippen molar-refractivity contribution in [1.82, 2.24) is 19.9 Å². The Morgan fingerprint density at radius 2 is 1.95 bits per heavy atom. The van der Waals surface area contributed by atoms with Crippen LogP contribution in [0.4, 0.5) is 5.69 Å². The van der Waals surface area contributed by atoms with Crippen LogP contribution in [0.5, 0.6) is 0 Å². The van der Waals surface area contributed by atoms with Gasteiger partial charge in [-0.05, 0) is 92.7 Å². The average Bonchev–Trinajstić information content (AvgIpc) is 3.59. The van der Waals surface area contributed by atoms with E-state index in [9.17, 15) is 20.0 Å². The molecule has 1 saturated heterocycles. The maximum atomic E-state index is 14.1. The molecule has 2 fully saturated rings. The highest BCUT2D eigenvalue weighted by atomic mass is 16.5. The Balaban J connectivity index is 1.37. The lowest BCUT2D eigenvalue weighted by Gasteiger charge is -2.52. The molecule has 0 spiro atoms. The molecular weight excluding hydrogens is 544 g/mol. The lowest BCUT2D eigenvalue weighted by molar-refractivity contribution is -0.160. The lowest BCUT2D eigenvalue weighted by atomic mass is 9.60. The second-order valence-electron chi connectivity index (χ2n) is 12.5. The third kappa shape index (κ3) is 4.76. The van der Waals surface area contributed by atoms with Gasteiger partial charge >= 0.3 is 5.97 Å². The van der Waals surface area contributed by atoms with E-state index in [1.54, 1.807) is 9.58 Å². The maximum Gasteiger partial charge on any atom is 0.311 e. The number of aromatic nitrogens is 3. The summed E-state index contributed by atoms with van der Waals surface area (Å²) in [5.74, 6) is -1.47. The molecule has 2 aliphatic heterocycles. The van der Waals surface area contributed by atoms with Gasteiger partial charge in [0.1, 0.15) is 5.69 Å². The number of piperidine rings is 1. The number of fused-ring (bicyclic) bond motifs is 2. The number of anilines is 1. The number of hydrogen-bond donors (Lipinski definition) is 2. The number of rotatable bonds is 6. The molecule has 3 aliphatic rings. The van der Waals surface area contributed by atoms with Gasteiger partial charge in [0.15, 0.2) is 6.19 Å². The number of methoxy groups -OCH3 is 1. The van der Waals surface area contributed by atoms with E-state index in [-0.39, 0.29) is 17.7 Å². The van der Waals surface area contributed by atoms with E-state index < -0.39 is 29.4 Å². The van der Waals surface area contributed by atoms with Crippen LogP contribution in [-0.4, -0.2) is 62.7 Å². The molecule has 10 heteroatoms. The van der Waals surface area contributed by atoms with E-state index in [0.717, 1.165) is 28.1 Å². The number of nitriles is 1.